The van der Waals surface area contributed by atoms with Gasteiger partial charge in [0.1, 0.15) is 17.3 Å². The third-order valence-corrected chi connectivity index (χ3v) is 6.83. The number of likely N-dealkylation sites (tertiary alicyclic amines) is 1. The van der Waals surface area contributed by atoms with Crippen molar-refractivity contribution in [1.29, 1.82) is 0 Å². The van der Waals surface area contributed by atoms with Gasteiger partial charge in [0.15, 0.2) is 0 Å². The molecule has 1 aliphatic heterocycles. The molecule has 0 bridgehead atoms. The molecule has 170 valence electrons. The van der Waals surface area contributed by atoms with E-state index >= 15 is 0 Å². The van der Waals surface area contributed by atoms with Crippen LogP contribution >= 0.6 is 11.6 Å². The van der Waals surface area contributed by atoms with Crippen molar-refractivity contribution in [2.75, 3.05) is 26.3 Å². The SMILES string of the molecule is O=S(=O)(N[C@@H]1CCN(Cc2ccc(OCCO)cc2)C1)c1cc(C(F)(F)F)ccc1Cl. The molecule has 2 aromatic rings. The van der Waals surface area contributed by atoms with Crippen molar-refractivity contribution in [2.45, 2.75) is 30.1 Å². The van der Waals surface area contributed by atoms with Crippen LogP contribution in [-0.4, -0.2) is 50.8 Å². The third-order valence-electron chi connectivity index (χ3n) is 4.83. The fourth-order valence-corrected chi connectivity index (χ4v) is 5.14. The molecule has 0 amide bonds. The molecule has 0 aliphatic carbocycles. The normalized spacial score (nSPS) is 17.8. The highest BCUT2D eigenvalue weighted by molar-refractivity contribution is 7.89. The van der Waals surface area contributed by atoms with Crippen molar-refractivity contribution < 1.29 is 31.4 Å². The van der Waals surface area contributed by atoms with Gasteiger partial charge in [-0.1, -0.05) is 23.7 Å². The molecule has 1 aliphatic rings. The minimum atomic E-state index is -4.67. The number of sulfonamides is 1. The minimum Gasteiger partial charge on any atom is -0.491 e. The number of benzene rings is 2. The van der Waals surface area contributed by atoms with Crippen molar-refractivity contribution in [3.8, 4) is 5.75 Å². The van der Waals surface area contributed by atoms with Crippen LogP contribution < -0.4 is 9.46 Å². The van der Waals surface area contributed by atoms with Gasteiger partial charge in [0.25, 0.3) is 0 Å². The Morgan fingerprint density at radius 3 is 2.55 bits per heavy atom. The van der Waals surface area contributed by atoms with E-state index in [0.717, 1.165) is 17.7 Å². The van der Waals surface area contributed by atoms with Crippen LogP contribution in [0.3, 0.4) is 0 Å². The van der Waals surface area contributed by atoms with Crippen LogP contribution in [0.5, 0.6) is 5.75 Å². The summed E-state index contributed by atoms with van der Waals surface area (Å²) >= 11 is 5.88. The number of nitrogens with one attached hydrogen (secondary N) is 1. The monoisotopic (exact) mass is 478 g/mol. The van der Waals surface area contributed by atoms with E-state index in [0.29, 0.717) is 37.9 Å². The van der Waals surface area contributed by atoms with Crippen LogP contribution in [0.2, 0.25) is 5.02 Å². The molecule has 0 aromatic heterocycles. The Hall–Kier alpha value is -1.85. The molecule has 11 heteroatoms. The molecule has 1 fully saturated rings. The number of ether oxygens (including phenoxy) is 1. The third kappa shape index (κ3) is 6.33. The summed E-state index contributed by atoms with van der Waals surface area (Å²) < 4.78 is 72.0. The topological polar surface area (TPSA) is 78.9 Å². The van der Waals surface area contributed by atoms with Crippen LogP contribution in [0.1, 0.15) is 17.5 Å². The summed E-state index contributed by atoms with van der Waals surface area (Å²) in [6, 6.07) is 9.14. The van der Waals surface area contributed by atoms with E-state index in [1.165, 1.54) is 0 Å². The lowest BCUT2D eigenvalue weighted by Crippen LogP contribution is -2.37. The number of aliphatic hydroxyl groups is 1. The van der Waals surface area contributed by atoms with Crippen LogP contribution in [0, 0.1) is 0 Å². The van der Waals surface area contributed by atoms with E-state index in [-0.39, 0.29) is 18.2 Å². The van der Waals surface area contributed by atoms with E-state index in [9.17, 15) is 21.6 Å². The summed E-state index contributed by atoms with van der Waals surface area (Å²) in [5.74, 6) is 0.642. The predicted octanol–water partition coefficient (Wildman–Crippen LogP) is 3.28. The van der Waals surface area contributed by atoms with Crippen molar-refractivity contribution >= 4 is 21.6 Å². The Morgan fingerprint density at radius 2 is 1.90 bits per heavy atom. The molecule has 2 aromatic carbocycles. The minimum absolute atomic E-state index is 0.0709. The Labute approximate surface area is 183 Å². The van der Waals surface area contributed by atoms with Gasteiger partial charge in [-0.25, -0.2) is 13.1 Å². The zero-order valence-electron chi connectivity index (χ0n) is 16.4. The van der Waals surface area contributed by atoms with Crippen LogP contribution in [0.4, 0.5) is 13.2 Å². The largest absolute Gasteiger partial charge is 0.491 e. The number of alkyl halides is 3. The van der Waals surface area contributed by atoms with Crippen molar-refractivity contribution in [2.24, 2.45) is 0 Å². The van der Waals surface area contributed by atoms with Crippen LogP contribution in [0.15, 0.2) is 47.4 Å². The number of halogens is 4. The molecule has 2 N–H and O–H groups in total. The summed E-state index contributed by atoms with van der Waals surface area (Å²) in [5, 5.41) is 8.51. The molecule has 0 radical (unpaired) electrons. The molecule has 1 heterocycles. The van der Waals surface area contributed by atoms with E-state index < -0.39 is 32.7 Å². The molecule has 0 saturated carbocycles. The maximum absolute atomic E-state index is 13.0. The highest BCUT2D eigenvalue weighted by Crippen LogP contribution is 2.33. The lowest BCUT2D eigenvalue weighted by atomic mass is 10.2. The quantitative estimate of drug-likeness (QED) is 0.609. The first kappa shape index (κ1) is 23.8. The van der Waals surface area contributed by atoms with Gasteiger partial charge < -0.3 is 9.84 Å². The number of aliphatic hydroxyl groups excluding tert-OH is 1. The first-order valence-corrected chi connectivity index (χ1v) is 11.4. The first-order valence-electron chi connectivity index (χ1n) is 9.52. The summed E-state index contributed by atoms with van der Waals surface area (Å²) in [4.78, 5) is 1.46. The van der Waals surface area contributed by atoms with E-state index in [1.807, 2.05) is 17.0 Å². The molecule has 1 saturated heterocycles. The van der Waals surface area contributed by atoms with Gasteiger partial charge in [-0.3, -0.25) is 4.90 Å². The average Bonchev–Trinajstić information content (AvgIpc) is 3.12. The highest BCUT2D eigenvalue weighted by Gasteiger charge is 2.34. The maximum Gasteiger partial charge on any atom is 0.416 e. The molecule has 0 spiro atoms. The molecule has 0 unspecified atom stereocenters. The zero-order chi connectivity index (χ0) is 22.6. The Kier molecular flexibility index (Phi) is 7.48. The smallest absolute Gasteiger partial charge is 0.416 e. The second-order valence-electron chi connectivity index (χ2n) is 7.20. The fraction of sp³-hybridized carbons (Fsp3) is 0.400. The number of hydrogen-bond donors (Lipinski definition) is 2. The van der Waals surface area contributed by atoms with Crippen molar-refractivity contribution in [3.63, 3.8) is 0 Å². The van der Waals surface area contributed by atoms with Crippen LogP contribution in [-0.2, 0) is 22.7 Å². The molecule has 3 rings (SSSR count). The lowest BCUT2D eigenvalue weighted by Gasteiger charge is -2.18. The first-order chi connectivity index (χ1) is 14.6. The van der Waals surface area contributed by atoms with Gasteiger partial charge in [0.05, 0.1) is 17.2 Å². The Bertz CT molecular complexity index is 1000. The average molecular weight is 479 g/mol. The standard InChI is InChI=1S/C20H22ClF3N2O4S/c21-18-6-3-15(20(22,23)24)11-19(18)31(28,29)25-16-7-8-26(13-16)12-14-1-4-17(5-2-14)30-10-9-27/h1-6,11,16,25,27H,7-10,12-13H2/t16-/m1/s1. The van der Waals surface area contributed by atoms with Gasteiger partial charge >= 0.3 is 6.18 Å². The maximum atomic E-state index is 13.0. The summed E-state index contributed by atoms with van der Waals surface area (Å²) in [6.07, 6.45) is -4.15. The number of nitrogens with zero attached hydrogens (tertiary/aromatic N) is 1. The molecule has 1 atom stereocenters. The van der Waals surface area contributed by atoms with E-state index in [1.54, 1.807) is 12.1 Å². The predicted molar refractivity (Wildman–Crippen MR) is 109 cm³/mol. The van der Waals surface area contributed by atoms with E-state index in [2.05, 4.69) is 4.72 Å². The van der Waals surface area contributed by atoms with E-state index in [4.69, 9.17) is 21.4 Å². The Balaban J connectivity index is 1.62. The molecular formula is C20H22ClF3N2O4S. The van der Waals surface area contributed by atoms with Gasteiger partial charge in [0, 0.05) is 25.7 Å². The van der Waals surface area contributed by atoms with Crippen LogP contribution in [0.25, 0.3) is 0 Å². The van der Waals surface area contributed by atoms with Crippen molar-refractivity contribution in [3.05, 3.63) is 58.6 Å². The van der Waals surface area contributed by atoms with Crippen molar-refractivity contribution in [1.82, 2.24) is 9.62 Å². The summed E-state index contributed by atoms with van der Waals surface area (Å²) in [6.45, 7) is 1.77. The van der Waals surface area contributed by atoms with Gasteiger partial charge in [0.2, 0.25) is 10.0 Å². The lowest BCUT2D eigenvalue weighted by molar-refractivity contribution is -0.137. The molecule has 6 nitrogen and oxygen atoms in total. The summed E-state index contributed by atoms with van der Waals surface area (Å²) in [7, 11) is -4.21. The van der Waals surface area contributed by atoms with Gasteiger partial charge in [-0.2, -0.15) is 13.2 Å². The second-order valence-corrected chi connectivity index (χ2v) is 9.29. The Morgan fingerprint density at radius 1 is 1.19 bits per heavy atom. The summed E-state index contributed by atoms with van der Waals surface area (Å²) in [5.41, 5.74) is -0.0717. The highest BCUT2D eigenvalue weighted by atomic mass is 35.5. The van der Waals surface area contributed by atoms with Gasteiger partial charge in [-0.15, -0.1) is 0 Å². The molecule has 31 heavy (non-hydrogen) atoms. The number of rotatable bonds is 8. The van der Waals surface area contributed by atoms with Gasteiger partial charge in [-0.05, 0) is 42.3 Å². The zero-order valence-corrected chi connectivity index (χ0v) is 18.0. The number of hydrogen-bond acceptors (Lipinski definition) is 5. The fourth-order valence-electron chi connectivity index (χ4n) is 3.35. The second kappa shape index (κ2) is 9.74. The molecular weight excluding hydrogens is 457 g/mol.